The smallest absolute Gasteiger partial charge is 0.374 e. The fraction of sp³-hybridized carbons (Fsp3) is 0.100. The molecule has 9 nitrogen and oxygen atoms in total. The van der Waals surface area contributed by atoms with Crippen molar-refractivity contribution in [3.05, 3.63) is 76.0 Å². The van der Waals surface area contributed by atoms with Crippen molar-refractivity contribution >= 4 is 17.4 Å². The average Bonchev–Trinajstić information content (AvgIpc) is 3.40. The number of hydrogen-bond donors (Lipinski definition) is 0. The Balaban J connectivity index is 1.39. The predicted molar refractivity (Wildman–Crippen MR) is 98.0 cm³/mol. The number of furan rings is 1. The van der Waals surface area contributed by atoms with Crippen LogP contribution in [0.2, 0.25) is 0 Å². The van der Waals surface area contributed by atoms with E-state index in [2.05, 4.69) is 0 Å². The third-order valence-electron chi connectivity index (χ3n) is 4.20. The van der Waals surface area contributed by atoms with Crippen LogP contribution in [-0.2, 0) is 4.74 Å². The third kappa shape index (κ3) is 3.79. The molecule has 0 aliphatic carbocycles. The van der Waals surface area contributed by atoms with Gasteiger partial charge in [0, 0.05) is 23.3 Å². The summed E-state index contributed by atoms with van der Waals surface area (Å²) in [7, 11) is 0. The van der Waals surface area contributed by atoms with Gasteiger partial charge in [-0.25, -0.2) is 4.79 Å². The predicted octanol–water partition coefficient (Wildman–Crippen LogP) is 3.62. The number of carbonyl (C=O) groups is 2. The van der Waals surface area contributed by atoms with Crippen LogP contribution in [0.25, 0.3) is 11.3 Å². The van der Waals surface area contributed by atoms with E-state index in [1.54, 1.807) is 12.1 Å². The van der Waals surface area contributed by atoms with Gasteiger partial charge < -0.3 is 18.6 Å². The normalized spacial score (nSPS) is 11.9. The number of fused-ring (bicyclic) bond motifs is 1. The van der Waals surface area contributed by atoms with Crippen LogP contribution in [0.1, 0.15) is 20.9 Å². The molecular weight excluding hydrogens is 382 g/mol. The van der Waals surface area contributed by atoms with Crippen LogP contribution in [0.3, 0.4) is 0 Å². The molecule has 0 unspecified atom stereocenters. The van der Waals surface area contributed by atoms with Gasteiger partial charge in [0.05, 0.1) is 4.92 Å². The molecule has 0 bridgehead atoms. The summed E-state index contributed by atoms with van der Waals surface area (Å²) in [5.74, 6) is 0.0608. The Morgan fingerprint density at radius 1 is 1.00 bits per heavy atom. The van der Waals surface area contributed by atoms with E-state index in [0.717, 1.165) is 0 Å². The van der Waals surface area contributed by atoms with Gasteiger partial charge in [-0.05, 0) is 42.5 Å². The Kier molecular flexibility index (Phi) is 4.70. The molecule has 0 radical (unpaired) electrons. The van der Waals surface area contributed by atoms with Gasteiger partial charge in [0.1, 0.15) is 5.76 Å². The van der Waals surface area contributed by atoms with E-state index in [0.29, 0.717) is 28.4 Å². The van der Waals surface area contributed by atoms with Gasteiger partial charge in [-0.1, -0.05) is 0 Å². The first-order valence-corrected chi connectivity index (χ1v) is 8.46. The second-order valence-corrected chi connectivity index (χ2v) is 6.04. The lowest BCUT2D eigenvalue weighted by molar-refractivity contribution is -0.384. The van der Waals surface area contributed by atoms with E-state index >= 15 is 0 Å². The molecular formula is C20H13NO8. The van der Waals surface area contributed by atoms with Crippen molar-refractivity contribution in [2.75, 3.05) is 13.4 Å². The Morgan fingerprint density at radius 2 is 1.76 bits per heavy atom. The number of carbonyl (C=O) groups excluding carboxylic acids is 2. The fourth-order valence-electron chi connectivity index (χ4n) is 2.71. The number of nitrogens with zero attached hydrogens (tertiary/aromatic N) is 1. The van der Waals surface area contributed by atoms with Gasteiger partial charge in [0.2, 0.25) is 12.6 Å². The maximum atomic E-state index is 12.2. The zero-order valence-electron chi connectivity index (χ0n) is 14.8. The monoisotopic (exact) mass is 395 g/mol. The molecule has 0 atom stereocenters. The molecule has 1 aliphatic rings. The number of rotatable bonds is 6. The quantitative estimate of drug-likeness (QED) is 0.269. The highest BCUT2D eigenvalue weighted by atomic mass is 16.7. The summed E-state index contributed by atoms with van der Waals surface area (Å²) >= 11 is 0. The van der Waals surface area contributed by atoms with E-state index in [1.165, 1.54) is 42.5 Å². The number of nitro benzene ring substituents is 1. The lowest BCUT2D eigenvalue weighted by atomic mass is 10.1. The lowest BCUT2D eigenvalue weighted by Gasteiger charge is -2.04. The van der Waals surface area contributed by atoms with Crippen LogP contribution in [0.4, 0.5) is 5.69 Å². The van der Waals surface area contributed by atoms with Crippen molar-refractivity contribution in [3.63, 3.8) is 0 Å². The first kappa shape index (κ1) is 18.2. The van der Waals surface area contributed by atoms with E-state index in [1.807, 2.05) is 0 Å². The highest BCUT2D eigenvalue weighted by molar-refractivity contribution is 5.99. The molecule has 0 amide bonds. The van der Waals surface area contributed by atoms with Gasteiger partial charge >= 0.3 is 5.97 Å². The largest absolute Gasteiger partial charge is 0.454 e. The zero-order valence-corrected chi connectivity index (χ0v) is 14.8. The molecule has 29 heavy (non-hydrogen) atoms. The minimum Gasteiger partial charge on any atom is -0.454 e. The van der Waals surface area contributed by atoms with Crippen molar-refractivity contribution in [1.29, 1.82) is 0 Å². The highest BCUT2D eigenvalue weighted by Gasteiger charge is 2.19. The molecule has 2 heterocycles. The molecule has 1 aliphatic heterocycles. The van der Waals surface area contributed by atoms with E-state index < -0.39 is 23.3 Å². The van der Waals surface area contributed by atoms with Crippen LogP contribution in [0, 0.1) is 10.1 Å². The standard InChI is InChI=1S/C20H13NO8/c22-15(13-3-6-17-19(9-13)28-11-27-17)10-26-20(23)18-8-7-16(29-18)12-1-4-14(5-2-12)21(24)25/h1-9H,10-11H2. The molecule has 4 rings (SSSR count). The number of nitro groups is 1. The Morgan fingerprint density at radius 3 is 2.52 bits per heavy atom. The second-order valence-electron chi connectivity index (χ2n) is 6.04. The van der Waals surface area contributed by atoms with Crippen LogP contribution >= 0.6 is 0 Å². The number of benzene rings is 2. The Labute approximate surface area is 163 Å². The minimum atomic E-state index is -0.799. The van der Waals surface area contributed by atoms with Crippen LogP contribution in [0.15, 0.2) is 59.0 Å². The molecule has 0 N–H and O–H groups in total. The first-order chi connectivity index (χ1) is 14.0. The molecule has 0 saturated heterocycles. The van der Waals surface area contributed by atoms with Crippen molar-refractivity contribution in [1.82, 2.24) is 0 Å². The van der Waals surface area contributed by atoms with E-state index in [4.69, 9.17) is 18.6 Å². The maximum Gasteiger partial charge on any atom is 0.374 e. The summed E-state index contributed by atoms with van der Waals surface area (Å²) in [6, 6.07) is 13.3. The summed E-state index contributed by atoms with van der Waals surface area (Å²) in [4.78, 5) is 34.6. The summed E-state index contributed by atoms with van der Waals surface area (Å²) < 4.78 is 20.9. The molecule has 0 saturated carbocycles. The maximum absolute atomic E-state index is 12.2. The number of ketones is 1. The first-order valence-electron chi connectivity index (χ1n) is 8.46. The van der Waals surface area contributed by atoms with Gasteiger partial charge in [0.15, 0.2) is 23.9 Å². The Hall–Kier alpha value is -4.14. The average molecular weight is 395 g/mol. The summed E-state index contributed by atoms with van der Waals surface area (Å²) in [6.45, 7) is -0.371. The molecule has 9 heteroatoms. The van der Waals surface area contributed by atoms with Gasteiger partial charge in [-0.2, -0.15) is 0 Å². The second kappa shape index (κ2) is 7.47. The van der Waals surface area contributed by atoms with E-state index in [-0.39, 0.29) is 18.2 Å². The lowest BCUT2D eigenvalue weighted by Crippen LogP contribution is -2.13. The SMILES string of the molecule is O=C(COC(=O)c1ccc(-c2ccc([N+](=O)[O-])cc2)o1)c1ccc2c(c1)OCO2. The summed E-state index contributed by atoms with van der Waals surface area (Å²) in [5, 5.41) is 10.7. The number of hydrogen-bond acceptors (Lipinski definition) is 8. The van der Waals surface area contributed by atoms with Crippen LogP contribution in [-0.4, -0.2) is 30.1 Å². The van der Waals surface area contributed by atoms with Crippen molar-refractivity contribution < 1.29 is 33.1 Å². The summed E-state index contributed by atoms with van der Waals surface area (Å²) in [5.41, 5.74) is 0.834. The number of Topliss-reactive ketones (excluding diaryl/α,β-unsaturated/α-hetero) is 1. The molecule has 0 spiro atoms. The Bertz CT molecular complexity index is 1100. The molecule has 3 aromatic rings. The van der Waals surface area contributed by atoms with Crippen molar-refractivity contribution in [2.45, 2.75) is 0 Å². The van der Waals surface area contributed by atoms with E-state index in [9.17, 15) is 19.7 Å². The van der Waals surface area contributed by atoms with Crippen LogP contribution in [0.5, 0.6) is 11.5 Å². The molecule has 2 aromatic carbocycles. The third-order valence-corrected chi connectivity index (χ3v) is 4.20. The number of esters is 1. The van der Waals surface area contributed by atoms with Crippen molar-refractivity contribution in [3.8, 4) is 22.8 Å². The van der Waals surface area contributed by atoms with Crippen LogP contribution < -0.4 is 9.47 Å². The number of non-ortho nitro benzene ring substituents is 1. The van der Waals surface area contributed by atoms with Gasteiger partial charge in [-0.3, -0.25) is 14.9 Å². The zero-order chi connectivity index (χ0) is 20.4. The highest BCUT2D eigenvalue weighted by Crippen LogP contribution is 2.32. The summed E-state index contributed by atoms with van der Waals surface area (Å²) in [6.07, 6.45) is 0. The fourth-order valence-corrected chi connectivity index (χ4v) is 2.71. The van der Waals surface area contributed by atoms with Gasteiger partial charge in [0.25, 0.3) is 5.69 Å². The van der Waals surface area contributed by atoms with Gasteiger partial charge in [-0.15, -0.1) is 0 Å². The van der Waals surface area contributed by atoms with Crippen molar-refractivity contribution in [2.24, 2.45) is 0 Å². The molecule has 0 fully saturated rings. The topological polar surface area (TPSA) is 118 Å². The molecule has 1 aromatic heterocycles. The molecule has 146 valence electrons. The number of ether oxygens (including phenoxy) is 3. The minimum absolute atomic E-state index is 0.0537.